The van der Waals surface area contributed by atoms with Crippen LogP contribution in [0.5, 0.6) is 0 Å². The Labute approximate surface area is 210 Å². The Morgan fingerprint density at radius 2 is 1.53 bits per heavy atom. The topological polar surface area (TPSA) is 92.7 Å². The van der Waals surface area contributed by atoms with Gasteiger partial charge in [0.2, 0.25) is 5.91 Å². The van der Waals surface area contributed by atoms with Gasteiger partial charge in [-0.3, -0.25) is 9.59 Å². The highest BCUT2D eigenvalue weighted by atomic mass is 32.2. The fourth-order valence-electron chi connectivity index (χ4n) is 2.94. The lowest BCUT2D eigenvalue weighted by Crippen LogP contribution is -2.45. The number of amides is 1. The highest BCUT2D eigenvalue weighted by Gasteiger charge is 2.26. The molecule has 2 N–H and O–H groups in total. The van der Waals surface area contributed by atoms with E-state index in [2.05, 4.69) is 51.2 Å². The first-order valence-corrected chi connectivity index (χ1v) is 13.1. The van der Waals surface area contributed by atoms with Gasteiger partial charge in [0.05, 0.1) is 6.42 Å². The fourth-order valence-corrected chi connectivity index (χ4v) is 3.94. The maximum Gasteiger partial charge on any atom is 0.327 e. The maximum atomic E-state index is 12.4. The molecule has 0 aromatic carbocycles. The van der Waals surface area contributed by atoms with E-state index in [0.717, 1.165) is 25.7 Å². The van der Waals surface area contributed by atoms with Crippen LogP contribution in [-0.2, 0) is 19.1 Å². The van der Waals surface area contributed by atoms with E-state index in [-0.39, 0.29) is 12.2 Å². The van der Waals surface area contributed by atoms with Crippen LogP contribution < -0.4 is 5.32 Å². The summed E-state index contributed by atoms with van der Waals surface area (Å²) < 4.78 is 5.23. The first-order chi connectivity index (χ1) is 15.7. The van der Waals surface area contributed by atoms with Crippen molar-refractivity contribution in [2.24, 2.45) is 5.92 Å². The van der Waals surface area contributed by atoms with E-state index >= 15 is 0 Å². The van der Waals surface area contributed by atoms with Gasteiger partial charge in [0, 0.05) is 17.4 Å². The number of esters is 1. The molecule has 0 aliphatic carbocycles. The van der Waals surface area contributed by atoms with E-state index in [9.17, 15) is 19.5 Å². The van der Waals surface area contributed by atoms with Crippen molar-refractivity contribution in [3.63, 3.8) is 0 Å². The molecule has 194 valence electrons. The molecule has 0 rings (SSSR count). The number of thioether (sulfide) groups is 1. The fraction of sp³-hybridized carbons (Fsp3) is 0.667. The smallest absolute Gasteiger partial charge is 0.327 e. The van der Waals surface area contributed by atoms with Crippen LogP contribution in [0.4, 0.5) is 0 Å². The molecule has 0 unspecified atom stereocenters. The van der Waals surface area contributed by atoms with Crippen LogP contribution >= 0.6 is 11.8 Å². The third-order valence-corrected chi connectivity index (χ3v) is 5.88. The second-order valence-corrected chi connectivity index (χ2v) is 11.2. The minimum absolute atomic E-state index is 0.0899. The zero-order chi connectivity index (χ0) is 26.3. The van der Waals surface area contributed by atoms with Crippen LogP contribution in [0.1, 0.15) is 87.5 Å². The number of carbonyl (C=O) groups excluding carboxylic acids is 2. The number of nitrogens with one attached hydrogen (secondary N) is 1. The molecule has 6 nitrogen and oxygen atoms in total. The van der Waals surface area contributed by atoms with Gasteiger partial charge in [0.1, 0.15) is 11.6 Å². The number of ether oxygens (including phenoxy) is 1. The Morgan fingerprint density at radius 3 is 2.06 bits per heavy atom. The second-order valence-electron chi connectivity index (χ2n) is 10.1. The number of carbonyl (C=O) groups is 3. The molecule has 0 aliphatic rings. The van der Waals surface area contributed by atoms with E-state index in [1.54, 1.807) is 27.7 Å². The summed E-state index contributed by atoms with van der Waals surface area (Å²) >= 11 is 1.46. The summed E-state index contributed by atoms with van der Waals surface area (Å²) in [4.78, 5) is 35.8. The summed E-state index contributed by atoms with van der Waals surface area (Å²) in [5.41, 5.74) is 3.40. The number of aliphatic carboxylic acids is 1. The first-order valence-electron chi connectivity index (χ1n) is 12.0. The Kier molecular flexibility index (Phi) is 15.6. The Bertz CT molecular complexity index is 757. The van der Waals surface area contributed by atoms with Crippen LogP contribution in [0, 0.1) is 5.92 Å². The normalized spacial score (nSPS) is 14.2. The molecule has 0 bridgehead atoms. The van der Waals surface area contributed by atoms with Gasteiger partial charge >= 0.3 is 11.9 Å². The summed E-state index contributed by atoms with van der Waals surface area (Å²) in [6.45, 7) is 15.4. The molecule has 2 atom stereocenters. The van der Waals surface area contributed by atoms with Crippen LogP contribution in [-0.4, -0.2) is 46.1 Å². The lowest BCUT2D eigenvalue weighted by atomic mass is 10.1. The molecular formula is C27H45NO5S. The molecule has 0 aromatic heterocycles. The first kappa shape index (κ1) is 32.0. The molecule has 0 saturated heterocycles. The minimum Gasteiger partial charge on any atom is -0.480 e. The van der Waals surface area contributed by atoms with Crippen molar-refractivity contribution in [3.8, 4) is 0 Å². The zero-order valence-electron chi connectivity index (χ0n) is 22.3. The van der Waals surface area contributed by atoms with Crippen LogP contribution in [0.15, 0.2) is 34.9 Å². The van der Waals surface area contributed by atoms with Gasteiger partial charge < -0.3 is 15.2 Å². The molecule has 0 fully saturated rings. The number of rotatable bonds is 15. The van der Waals surface area contributed by atoms with Gasteiger partial charge in [0.25, 0.3) is 0 Å². The average Bonchev–Trinajstić information content (AvgIpc) is 2.67. The molecular weight excluding hydrogens is 450 g/mol. The van der Waals surface area contributed by atoms with Crippen molar-refractivity contribution >= 4 is 29.6 Å². The van der Waals surface area contributed by atoms with Crippen molar-refractivity contribution in [1.82, 2.24) is 5.32 Å². The predicted octanol–water partition coefficient (Wildman–Crippen LogP) is 6.08. The summed E-state index contributed by atoms with van der Waals surface area (Å²) in [6.07, 6.45) is 10.7. The van der Waals surface area contributed by atoms with E-state index in [4.69, 9.17) is 4.74 Å². The Balaban J connectivity index is 4.44. The molecule has 0 aromatic rings. The SMILES string of the molecule is CC(C)=CCC/C(C)=C/CC/C(C)=C/CSC[C@H](NC(=O)[C@H](C)CC(=O)OC(C)(C)C)C(=O)O. The average molecular weight is 496 g/mol. The molecule has 0 saturated carbocycles. The third-order valence-electron chi connectivity index (χ3n) is 4.91. The standard InChI is InChI=1S/C27H45NO5S/c1-19(2)11-9-12-20(3)13-10-14-21(4)15-16-34-18-23(26(31)32)28-25(30)22(5)17-24(29)33-27(6,7)8/h11,13,15,22-23H,9-10,12,14,16-18H2,1-8H3,(H,28,30)(H,31,32)/b20-13+,21-15+/t22-,23+/m1/s1. The van der Waals surface area contributed by atoms with Gasteiger partial charge in [-0.25, -0.2) is 4.79 Å². The molecule has 1 amide bonds. The number of carboxylic acid groups (broad SMARTS) is 1. The summed E-state index contributed by atoms with van der Waals surface area (Å²) in [5.74, 6) is -1.75. The van der Waals surface area contributed by atoms with E-state index in [1.807, 2.05) is 0 Å². The lowest BCUT2D eigenvalue weighted by Gasteiger charge is -2.21. The molecule has 0 radical (unpaired) electrons. The monoisotopic (exact) mass is 495 g/mol. The quantitative estimate of drug-likeness (QED) is 0.163. The summed E-state index contributed by atoms with van der Waals surface area (Å²) in [7, 11) is 0. The number of allylic oxidation sites excluding steroid dienone is 5. The van der Waals surface area contributed by atoms with Crippen molar-refractivity contribution in [2.75, 3.05) is 11.5 Å². The number of hydrogen-bond acceptors (Lipinski definition) is 5. The van der Waals surface area contributed by atoms with Gasteiger partial charge in [-0.2, -0.15) is 11.8 Å². The summed E-state index contributed by atoms with van der Waals surface area (Å²) in [5, 5.41) is 12.0. The van der Waals surface area contributed by atoms with Crippen molar-refractivity contribution in [1.29, 1.82) is 0 Å². The van der Waals surface area contributed by atoms with Gasteiger partial charge in [0.15, 0.2) is 0 Å². The predicted molar refractivity (Wildman–Crippen MR) is 142 cm³/mol. The number of carboxylic acids is 1. The largest absolute Gasteiger partial charge is 0.480 e. The molecule has 0 spiro atoms. The minimum atomic E-state index is -1.08. The van der Waals surface area contributed by atoms with Crippen molar-refractivity contribution in [3.05, 3.63) is 34.9 Å². The number of hydrogen-bond donors (Lipinski definition) is 2. The van der Waals surface area contributed by atoms with Gasteiger partial charge in [-0.1, -0.05) is 41.9 Å². The van der Waals surface area contributed by atoms with Gasteiger partial charge in [-0.05, 0) is 74.1 Å². The third kappa shape index (κ3) is 17.5. The molecule has 34 heavy (non-hydrogen) atoms. The highest BCUT2D eigenvalue weighted by molar-refractivity contribution is 7.99. The Morgan fingerprint density at radius 1 is 0.971 bits per heavy atom. The van der Waals surface area contributed by atoms with Crippen LogP contribution in [0.3, 0.4) is 0 Å². The van der Waals surface area contributed by atoms with E-state index in [1.165, 1.54) is 28.5 Å². The molecule has 0 heterocycles. The highest BCUT2D eigenvalue weighted by Crippen LogP contribution is 2.14. The van der Waals surface area contributed by atoms with Crippen LogP contribution in [0.25, 0.3) is 0 Å². The lowest BCUT2D eigenvalue weighted by molar-refractivity contribution is -0.157. The molecule has 0 aliphatic heterocycles. The maximum absolute atomic E-state index is 12.4. The van der Waals surface area contributed by atoms with Crippen molar-refractivity contribution < 1.29 is 24.2 Å². The van der Waals surface area contributed by atoms with Crippen LogP contribution in [0.2, 0.25) is 0 Å². The Hall–Kier alpha value is -2.02. The molecule has 7 heteroatoms. The van der Waals surface area contributed by atoms with E-state index < -0.39 is 35.4 Å². The second kappa shape index (κ2) is 16.6. The van der Waals surface area contributed by atoms with E-state index in [0.29, 0.717) is 5.75 Å². The van der Waals surface area contributed by atoms with Gasteiger partial charge in [-0.15, -0.1) is 0 Å². The summed E-state index contributed by atoms with van der Waals surface area (Å²) in [6, 6.07) is -1.00. The zero-order valence-corrected chi connectivity index (χ0v) is 23.1. The van der Waals surface area contributed by atoms with Crippen molar-refractivity contribution in [2.45, 2.75) is 99.1 Å².